The highest BCUT2D eigenvalue weighted by molar-refractivity contribution is 5.68. The first kappa shape index (κ1) is 15.9. The second-order valence-electron chi connectivity index (χ2n) is 7.55. The van der Waals surface area contributed by atoms with Crippen molar-refractivity contribution in [3.63, 3.8) is 0 Å². The molecule has 130 valence electrons. The van der Waals surface area contributed by atoms with Gasteiger partial charge in [0.2, 0.25) is 0 Å². The monoisotopic (exact) mass is 328 g/mol. The average molecular weight is 328 g/mol. The first-order valence-corrected chi connectivity index (χ1v) is 9.55. The number of carbonyl (C=O) groups excluding carboxylic acids is 1. The Morgan fingerprint density at radius 3 is 2.50 bits per heavy atom. The maximum Gasteiger partial charge on any atom is 0.410 e. The SMILES string of the molecule is O=C(OC1CCCC1)N1CCN(C2CC2)C[C@H]1Cc1ccccc1. The van der Waals surface area contributed by atoms with Crippen LogP contribution in [0.5, 0.6) is 0 Å². The molecule has 2 aliphatic carbocycles. The number of amides is 1. The summed E-state index contributed by atoms with van der Waals surface area (Å²) in [5.74, 6) is 0. The van der Waals surface area contributed by atoms with Gasteiger partial charge < -0.3 is 9.64 Å². The number of carbonyl (C=O) groups is 1. The van der Waals surface area contributed by atoms with Gasteiger partial charge in [-0.25, -0.2) is 4.79 Å². The van der Waals surface area contributed by atoms with Gasteiger partial charge >= 0.3 is 6.09 Å². The maximum absolute atomic E-state index is 12.7. The Morgan fingerprint density at radius 2 is 1.79 bits per heavy atom. The van der Waals surface area contributed by atoms with Gasteiger partial charge in [-0.05, 0) is 50.5 Å². The van der Waals surface area contributed by atoms with Crippen molar-refractivity contribution in [3.05, 3.63) is 35.9 Å². The largest absolute Gasteiger partial charge is 0.446 e. The maximum atomic E-state index is 12.7. The van der Waals surface area contributed by atoms with Crippen LogP contribution < -0.4 is 0 Å². The minimum absolute atomic E-state index is 0.0849. The normalized spacial score (nSPS) is 25.8. The third-order valence-corrected chi connectivity index (χ3v) is 5.70. The van der Waals surface area contributed by atoms with E-state index in [0.29, 0.717) is 0 Å². The molecule has 3 aliphatic rings. The van der Waals surface area contributed by atoms with Gasteiger partial charge in [0.25, 0.3) is 0 Å². The molecule has 0 aromatic heterocycles. The van der Waals surface area contributed by atoms with E-state index in [2.05, 4.69) is 29.2 Å². The number of hydrogen-bond donors (Lipinski definition) is 0. The molecule has 1 aromatic rings. The first-order chi connectivity index (χ1) is 11.8. The second kappa shape index (κ2) is 7.14. The van der Waals surface area contributed by atoms with Gasteiger partial charge in [0.1, 0.15) is 6.10 Å². The number of benzene rings is 1. The van der Waals surface area contributed by atoms with Crippen molar-refractivity contribution in [1.29, 1.82) is 0 Å². The van der Waals surface area contributed by atoms with Crippen molar-refractivity contribution in [2.45, 2.75) is 63.1 Å². The van der Waals surface area contributed by atoms with E-state index in [1.807, 2.05) is 11.0 Å². The Kier molecular flexibility index (Phi) is 4.74. The summed E-state index contributed by atoms with van der Waals surface area (Å²) in [6, 6.07) is 11.5. The molecular weight excluding hydrogens is 300 g/mol. The van der Waals surface area contributed by atoms with Crippen LogP contribution in [0.15, 0.2) is 30.3 Å². The van der Waals surface area contributed by atoms with Crippen LogP contribution in [0, 0.1) is 0 Å². The highest BCUT2D eigenvalue weighted by Gasteiger charge is 2.38. The van der Waals surface area contributed by atoms with E-state index in [1.54, 1.807) is 0 Å². The molecule has 1 heterocycles. The fourth-order valence-corrected chi connectivity index (χ4v) is 4.17. The summed E-state index contributed by atoms with van der Waals surface area (Å²) in [6.07, 6.45) is 8.10. The molecule has 4 rings (SSSR count). The van der Waals surface area contributed by atoms with Crippen LogP contribution in [0.4, 0.5) is 4.79 Å². The smallest absolute Gasteiger partial charge is 0.410 e. The van der Waals surface area contributed by atoms with Gasteiger partial charge in [-0.2, -0.15) is 0 Å². The molecule has 24 heavy (non-hydrogen) atoms. The minimum Gasteiger partial charge on any atom is -0.446 e. The Morgan fingerprint density at radius 1 is 1.04 bits per heavy atom. The van der Waals surface area contributed by atoms with Crippen LogP contribution in [-0.2, 0) is 11.2 Å². The Hall–Kier alpha value is -1.55. The fourth-order valence-electron chi connectivity index (χ4n) is 4.17. The number of ether oxygens (including phenoxy) is 1. The summed E-state index contributed by atoms with van der Waals surface area (Å²) in [5, 5.41) is 0. The zero-order valence-corrected chi connectivity index (χ0v) is 14.4. The van der Waals surface area contributed by atoms with Gasteiger partial charge in [0, 0.05) is 25.7 Å². The molecule has 1 amide bonds. The van der Waals surface area contributed by atoms with Crippen LogP contribution in [0.25, 0.3) is 0 Å². The highest BCUT2D eigenvalue weighted by Crippen LogP contribution is 2.30. The molecule has 4 heteroatoms. The summed E-state index contributed by atoms with van der Waals surface area (Å²) < 4.78 is 5.80. The standard InChI is InChI=1S/C20H28N2O2/c23-20(24-19-8-4-5-9-19)22-13-12-21(17-10-11-17)15-18(22)14-16-6-2-1-3-7-16/h1-3,6-7,17-19H,4-5,8-15H2/t18-/m1/s1. The minimum atomic E-state index is -0.0849. The summed E-state index contributed by atoms with van der Waals surface area (Å²) in [7, 11) is 0. The van der Waals surface area contributed by atoms with Crippen molar-refractivity contribution in [1.82, 2.24) is 9.80 Å². The quantitative estimate of drug-likeness (QED) is 0.848. The molecule has 0 bridgehead atoms. The van der Waals surface area contributed by atoms with Gasteiger partial charge in [-0.15, -0.1) is 0 Å². The van der Waals surface area contributed by atoms with E-state index in [1.165, 1.54) is 31.2 Å². The van der Waals surface area contributed by atoms with Gasteiger partial charge in [0.15, 0.2) is 0 Å². The van der Waals surface area contributed by atoms with Crippen LogP contribution in [-0.4, -0.2) is 53.7 Å². The van der Waals surface area contributed by atoms with Crippen LogP contribution in [0.2, 0.25) is 0 Å². The Bertz CT molecular complexity index is 552. The lowest BCUT2D eigenvalue weighted by Crippen LogP contribution is -2.56. The lowest BCUT2D eigenvalue weighted by atomic mass is 10.0. The molecule has 1 aliphatic heterocycles. The third kappa shape index (κ3) is 3.75. The predicted octanol–water partition coefficient (Wildman–Crippen LogP) is 3.46. The summed E-state index contributed by atoms with van der Waals surface area (Å²) in [4.78, 5) is 17.3. The Balaban J connectivity index is 1.44. The van der Waals surface area contributed by atoms with E-state index < -0.39 is 0 Å². The van der Waals surface area contributed by atoms with Gasteiger partial charge in [0.05, 0.1) is 6.04 Å². The number of rotatable bonds is 4. The lowest BCUT2D eigenvalue weighted by molar-refractivity contribution is 0.0239. The predicted molar refractivity (Wildman–Crippen MR) is 94.0 cm³/mol. The third-order valence-electron chi connectivity index (χ3n) is 5.70. The van der Waals surface area contributed by atoms with E-state index in [9.17, 15) is 4.79 Å². The van der Waals surface area contributed by atoms with Crippen molar-refractivity contribution in [2.24, 2.45) is 0 Å². The zero-order chi connectivity index (χ0) is 16.4. The van der Waals surface area contributed by atoms with Crippen molar-refractivity contribution < 1.29 is 9.53 Å². The van der Waals surface area contributed by atoms with Crippen molar-refractivity contribution in [2.75, 3.05) is 19.6 Å². The number of nitrogens with zero attached hydrogens (tertiary/aromatic N) is 2. The molecule has 0 radical (unpaired) electrons. The molecule has 1 saturated heterocycles. The van der Waals surface area contributed by atoms with Gasteiger partial charge in [-0.1, -0.05) is 30.3 Å². The second-order valence-corrected chi connectivity index (χ2v) is 7.55. The summed E-state index contributed by atoms with van der Waals surface area (Å²) in [5.41, 5.74) is 1.30. The van der Waals surface area contributed by atoms with Crippen LogP contribution >= 0.6 is 0 Å². The molecule has 1 atom stereocenters. The molecular formula is C20H28N2O2. The van der Waals surface area contributed by atoms with E-state index in [4.69, 9.17) is 4.74 Å². The van der Waals surface area contributed by atoms with Crippen molar-refractivity contribution >= 4 is 6.09 Å². The Labute approximate surface area is 144 Å². The number of piperazine rings is 1. The van der Waals surface area contributed by atoms with E-state index >= 15 is 0 Å². The molecule has 2 saturated carbocycles. The van der Waals surface area contributed by atoms with Crippen molar-refractivity contribution in [3.8, 4) is 0 Å². The van der Waals surface area contributed by atoms with E-state index in [0.717, 1.165) is 44.9 Å². The highest BCUT2D eigenvalue weighted by atomic mass is 16.6. The molecule has 1 aromatic carbocycles. The van der Waals surface area contributed by atoms with Gasteiger partial charge in [-0.3, -0.25) is 4.90 Å². The summed E-state index contributed by atoms with van der Waals surface area (Å²) >= 11 is 0. The zero-order valence-electron chi connectivity index (χ0n) is 14.4. The average Bonchev–Trinajstić information content (AvgIpc) is 3.34. The molecule has 0 spiro atoms. The van der Waals surface area contributed by atoms with E-state index in [-0.39, 0.29) is 18.2 Å². The lowest BCUT2D eigenvalue weighted by Gasteiger charge is -2.41. The topological polar surface area (TPSA) is 32.8 Å². The fraction of sp³-hybridized carbons (Fsp3) is 0.650. The molecule has 0 unspecified atom stereocenters. The summed E-state index contributed by atoms with van der Waals surface area (Å²) in [6.45, 7) is 2.79. The van der Waals surface area contributed by atoms with Crippen LogP contribution in [0.1, 0.15) is 44.1 Å². The first-order valence-electron chi connectivity index (χ1n) is 9.55. The molecule has 4 nitrogen and oxygen atoms in total. The molecule has 3 fully saturated rings. The molecule has 0 N–H and O–H groups in total. The number of hydrogen-bond acceptors (Lipinski definition) is 3. The van der Waals surface area contributed by atoms with Crippen LogP contribution in [0.3, 0.4) is 0 Å².